The first-order chi connectivity index (χ1) is 24.2. The highest BCUT2D eigenvalue weighted by molar-refractivity contribution is 7.86. The maximum atomic E-state index is 12.5. The van der Waals surface area contributed by atoms with Crippen molar-refractivity contribution in [3.8, 4) is 0 Å². The number of rotatable bonds is 36. The van der Waals surface area contributed by atoms with Crippen LogP contribution < -0.4 is 5.73 Å². The van der Waals surface area contributed by atoms with E-state index in [1.165, 1.54) is 192 Å². The van der Waals surface area contributed by atoms with Crippen molar-refractivity contribution in [2.75, 3.05) is 5.73 Å². The quantitative estimate of drug-likeness (QED) is 0.0411. The summed E-state index contributed by atoms with van der Waals surface area (Å²) in [5, 5.41) is 0. The van der Waals surface area contributed by atoms with Crippen molar-refractivity contribution in [2.24, 2.45) is 0 Å². The van der Waals surface area contributed by atoms with Gasteiger partial charge in [-0.3, -0.25) is 4.55 Å². The second-order valence-corrected chi connectivity index (χ2v) is 17.4. The highest BCUT2D eigenvalue weighted by Crippen LogP contribution is 2.36. The molecule has 1 rings (SSSR count). The predicted octanol–water partition coefficient (Wildman–Crippen LogP) is 15.2. The Labute approximate surface area is 313 Å². The van der Waals surface area contributed by atoms with Gasteiger partial charge in [0.1, 0.15) is 4.90 Å². The molecule has 0 radical (unpaired) electrons. The summed E-state index contributed by atoms with van der Waals surface area (Å²) < 4.78 is 35.1. The van der Waals surface area contributed by atoms with E-state index in [1.807, 2.05) is 13.8 Å². The van der Waals surface area contributed by atoms with E-state index in [2.05, 4.69) is 19.9 Å². The average Bonchev–Trinajstić information content (AvgIpc) is 3.07. The van der Waals surface area contributed by atoms with E-state index < -0.39 is 10.1 Å². The minimum Gasteiger partial charge on any atom is -0.397 e. The Morgan fingerprint density at radius 1 is 0.500 bits per heavy atom. The summed E-state index contributed by atoms with van der Waals surface area (Å²) in [6.07, 6.45) is 44.7. The maximum absolute atomic E-state index is 12.5. The summed E-state index contributed by atoms with van der Waals surface area (Å²) in [5.41, 5.74) is 9.72. The van der Waals surface area contributed by atoms with Gasteiger partial charge in [0, 0.05) is 0 Å². The van der Waals surface area contributed by atoms with E-state index in [-0.39, 0.29) is 10.8 Å². The Bertz CT molecular complexity index is 1040. The second kappa shape index (κ2) is 31.5. The number of aryl methyl sites for hydroxylation is 1. The van der Waals surface area contributed by atoms with Crippen molar-refractivity contribution in [1.82, 2.24) is 0 Å². The average molecular weight is 720 g/mol. The van der Waals surface area contributed by atoms with E-state index in [0.29, 0.717) is 11.3 Å². The van der Waals surface area contributed by atoms with Crippen molar-refractivity contribution in [2.45, 2.75) is 257 Å². The molecule has 0 unspecified atom stereocenters. The van der Waals surface area contributed by atoms with Gasteiger partial charge in [-0.15, -0.1) is 0 Å². The van der Waals surface area contributed by atoms with Crippen LogP contribution in [0.2, 0.25) is 0 Å². The minimum absolute atomic E-state index is 0.0247. The lowest BCUT2D eigenvalue weighted by Crippen LogP contribution is -2.13. The van der Waals surface area contributed by atoms with Crippen LogP contribution >= 0.6 is 0 Å². The second-order valence-electron chi connectivity index (χ2n) is 16.1. The Kier molecular flexibility index (Phi) is 29.5. The molecule has 0 saturated carbocycles. The summed E-state index contributed by atoms with van der Waals surface area (Å²) in [4.78, 5) is -0.0466. The van der Waals surface area contributed by atoms with Gasteiger partial charge in [0.2, 0.25) is 0 Å². The smallest absolute Gasteiger partial charge is 0.296 e. The summed E-state index contributed by atoms with van der Waals surface area (Å²) in [7, 11) is -4.39. The van der Waals surface area contributed by atoms with Crippen LogP contribution in [0.25, 0.3) is 0 Å². The monoisotopic (exact) mass is 720 g/mol. The molecule has 0 aliphatic heterocycles. The van der Waals surface area contributed by atoms with E-state index >= 15 is 0 Å². The number of nitrogen functional groups attached to an aromatic ring is 1. The van der Waals surface area contributed by atoms with E-state index in [9.17, 15) is 13.0 Å². The fraction of sp³-hybridized carbons (Fsp3) is 0.867. The zero-order valence-corrected chi connectivity index (χ0v) is 34.8. The fourth-order valence-electron chi connectivity index (χ4n) is 7.75. The molecule has 0 spiro atoms. The first kappa shape index (κ1) is 47.0. The first-order valence-corrected chi connectivity index (χ1v) is 23.6. The molecule has 1 aromatic carbocycles. The number of nitrogens with two attached hydrogens (primary N) is 1. The molecular formula is C45H85NO3S. The molecule has 294 valence electrons. The number of anilines is 1. The summed E-state index contributed by atoms with van der Waals surface area (Å²) >= 11 is 0. The molecule has 0 heterocycles. The molecule has 0 amide bonds. The van der Waals surface area contributed by atoms with Crippen LogP contribution in [0.15, 0.2) is 11.0 Å². The van der Waals surface area contributed by atoms with Crippen LogP contribution in [0.1, 0.15) is 256 Å². The van der Waals surface area contributed by atoms with E-state index in [4.69, 9.17) is 5.73 Å². The number of hydrogen-bond acceptors (Lipinski definition) is 3. The van der Waals surface area contributed by atoms with Crippen LogP contribution in [-0.4, -0.2) is 13.0 Å². The van der Waals surface area contributed by atoms with Crippen LogP contribution in [0.3, 0.4) is 0 Å². The molecule has 4 nitrogen and oxygen atoms in total. The van der Waals surface area contributed by atoms with Gasteiger partial charge >= 0.3 is 0 Å². The predicted molar refractivity (Wildman–Crippen MR) is 221 cm³/mol. The van der Waals surface area contributed by atoms with Gasteiger partial charge in [0.25, 0.3) is 10.1 Å². The normalized spacial score (nSPS) is 12.0. The Balaban J connectivity index is 2.38. The summed E-state index contributed by atoms with van der Waals surface area (Å²) in [6.45, 7) is 8.54. The maximum Gasteiger partial charge on any atom is 0.296 e. The minimum atomic E-state index is -4.39. The van der Waals surface area contributed by atoms with Gasteiger partial charge in [-0.1, -0.05) is 226 Å². The van der Waals surface area contributed by atoms with E-state index in [0.717, 1.165) is 37.7 Å². The molecule has 0 atom stereocenters. The molecule has 1 aromatic rings. The lowest BCUT2D eigenvalue weighted by molar-refractivity contribution is 0.481. The highest BCUT2D eigenvalue weighted by Gasteiger charge is 2.25. The lowest BCUT2D eigenvalue weighted by atomic mass is 9.90. The molecule has 5 heteroatoms. The molecule has 0 fully saturated rings. The van der Waals surface area contributed by atoms with Crippen LogP contribution in [0.5, 0.6) is 0 Å². The van der Waals surface area contributed by atoms with Gasteiger partial charge in [0.05, 0.1) is 5.69 Å². The molecular weight excluding hydrogens is 635 g/mol. The van der Waals surface area contributed by atoms with Crippen LogP contribution in [0, 0.1) is 0 Å². The Hall–Kier alpha value is -1.07. The number of unbranched alkanes of at least 4 members (excludes halogenated alkanes) is 30. The third-order valence-electron chi connectivity index (χ3n) is 11.0. The van der Waals surface area contributed by atoms with Gasteiger partial charge < -0.3 is 5.73 Å². The van der Waals surface area contributed by atoms with Crippen molar-refractivity contribution in [3.05, 3.63) is 22.8 Å². The van der Waals surface area contributed by atoms with Gasteiger partial charge in [-0.2, -0.15) is 8.42 Å². The summed E-state index contributed by atoms with van der Waals surface area (Å²) in [5.74, 6) is -0.0247. The van der Waals surface area contributed by atoms with Crippen molar-refractivity contribution < 1.29 is 13.0 Å². The van der Waals surface area contributed by atoms with Gasteiger partial charge in [-0.25, -0.2) is 0 Å². The van der Waals surface area contributed by atoms with Crippen molar-refractivity contribution in [3.63, 3.8) is 0 Å². The number of benzene rings is 1. The first-order valence-electron chi connectivity index (χ1n) is 22.2. The molecule has 0 aliphatic rings. The standard InChI is InChI=1S/C45H85NO3S/c1-5-7-9-11-13-15-17-19-21-23-25-27-29-31-33-35-37-41-39-43(40(3)4)45(50(47,48)49)44(46)42(41)38-36-34-32-30-28-26-24-22-20-18-16-14-12-10-8-6-2/h39-40H,5-38,46H2,1-4H3,(H,47,48,49). The van der Waals surface area contributed by atoms with Gasteiger partial charge in [0.15, 0.2) is 0 Å². The van der Waals surface area contributed by atoms with E-state index in [1.54, 1.807) is 0 Å². The highest BCUT2D eigenvalue weighted by atomic mass is 32.2. The topological polar surface area (TPSA) is 80.4 Å². The molecule has 0 aliphatic carbocycles. The third-order valence-corrected chi connectivity index (χ3v) is 12.0. The molecule has 0 saturated heterocycles. The molecule has 0 bridgehead atoms. The van der Waals surface area contributed by atoms with Crippen LogP contribution in [-0.2, 0) is 23.0 Å². The SMILES string of the molecule is CCCCCCCCCCCCCCCCCCc1cc(C(C)C)c(S(=O)(=O)O)c(N)c1CCCCCCCCCCCCCCCCCC. The number of hydrogen-bond donors (Lipinski definition) is 2. The van der Waals surface area contributed by atoms with Crippen LogP contribution in [0.4, 0.5) is 5.69 Å². The molecule has 3 N–H and O–H groups in total. The zero-order chi connectivity index (χ0) is 36.7. The van der Waals surface area contributed by atoms with Crippen molar-refractivity contribution in [1.29, 1.82) is 0 Å². The Morgan fingerprint density at radius 2 is 0.780 bits per heavy atom. The summed E-state index contributed by atoms with van der Waals surface area (Å²) in [6, 6.07) is 2.05. The largest absolute Gasteiger partial charge is 0.397 e. The fourth-order valence-corrected chi connectivity index (χ4v) is 8.75. The van der Waals surface area contributed by atoms with Gasteiger partial charge in [-0.05, 0) is 48.3 Å². The Morgan fingerprint density at radius 3 is 1.06 bits per heavy atom. The zero-order valence-electron chi connectivity index (χ0n) is 33.9. The third kappa shape index (κ3) is 23.5. The van der Waals surface area contributed by atoms with Crippen molar-refractivity contribution >= 4 is 15.8 Å². The molecule has 50 heavy (non-hydrogen) atoms. The molecule has 0 aromatic heterocycles. The lowest BCUT2D eigenvalue weighted by Gasteiger charge is -2.21.